The molecule has 5 rings (SSSR count). The number of hydrogen-bond donors (Lipinski definition) is 0. The van der Waals surface area contributed by atoms with Crippen LogP contribution in [0.25, 0.3) is 22.5 Å². The van der Waals surface area contributed by atoms with Gasteiger partial charge in [0.2, 0.25) is 0 Å². The molecule has 6 nitrogen and oxygen atoms in total. The third-order valence-corrected chi connectivity index (χ3v) is 7.70. The molecule has 2 amide bonds. The Labute approximate surface area is 219 Å². The summed E-state index contributed by atoms with van der Waals surface area (Å²) in [6.07, 6.45) is 1.78. The largest absolute Gasteiger partial charge is 0.465 e. The fraction of sp³-hybridized carbons (Fsp3) is 0.167. The van der Waals surface area contributed by atoms with Gasteiger partial charge >= 0.3 is 5.97 Å². The minimum atomic E-state index is -0.387. The summed E-state index contributed by atoms with van der Waals surface area (Å²) in [5.74, 6) is -0.682. The standard InChI is InChI=1S/C30H26N2O4S/c1-18-15-23(20(3)32(18)26-14-8-13-24(19(26)2)29(34)36-4)16-27-28(33)31(30(35)37-27)17-22-11-7-10-21-9-5-6-12-25(21)22/h5-16H,17H2,1-4H3/b27-16+. The fourth-order valence-corrected chi connectivity index (χ4v) is 5.71. The quantitative estimate of drug-likeness (QED) is 0.224. The Hall–Kier alpha value is -4.10. The third kappa shape index (κ3) is 4.36. The highest BCUT2D eigenvalue weighted by atomic mass is 32.2. The van der Waals surface area contributed by atoms with Crippen molar-refractivity contribution in [2.24, 2.45) is 0 Å². The summed E-state index contributed by atoms with van der Waals surface area (Å²) in [7, 11) is 1.37. The van der Waals surface area contributed by atoms with Gasteiger partial charge < -0.3 is 9.30 Å². The molecule has 1 aliphatic heterocycles. The van der Waals surface area contributed by atoms with E-state index in [2.05, 4.69) is 0 Å². The maximum absolute atomic E-state index is 13.3. The van der Waals surface area contributed by atoms with Crippen molar-refractivity contribution in [1.82, 2.24) is 9.47 Å². The second-order valence-corrected chi connectivity index (χ2v) is 10.0. The average molecular weight is 511 g/mol. The maximum Gasteiger partial charge on any atom is 0.338 e. The van der Waals surface area contributed by atoms with E-state index in [1.165, 1.54) is 12.0 Å². The van der Waals surface area contributed by atoms with E-state index < -0.39 is 0 Å². The zero-order chi connectivity index (χ0) is 26.3. The molecule has 7 heteroatoms. The van der Waals surface area contributed by atoms with Crippen molar-refractivity contribution in [3.05, 3.63) is 105 Å². The van der Waals surface area contributed by atoms with Gasteiger partial charge in [0.1, 0.15) is 0 Å². The molecule has 0 spiro atoms. The van der Waals surface area contributed by atoms with Crippen LogP contribution in [0.15, 0.2) is 71.6 Å². The number of benzene rings is 3. The molecule has 1 saturated heterocycles. The Balaban J connectivity index is 1.47. The van der Waals surface area contributed by atoms with Crippen LogP contribution in [-0.2, 0) is 16.1 Å². The summed E-state index contributed by atoms with van der Waals surface area (Å²) in [5, 5.41) is 1.82. The molecule has 186 valence electrons. The normalized spacial score (nSPS) is 14.7. The van der Waals surface area contributed by atoms with Crippen molar-refractivity contribution < 1.29 is 19.1 Å². The summed E-state index contributed by atoms with van der Waals surface area (Å²) >= 11 is 0.961. The summed E-state index contributed by atoms with van der Waals surface area (Å²) in [6.45, 7) is 6.05. The van der Waals surface area contributed by atoms with E-state index >= 15 is 0 Å². The lowest BCUT2D eigenvalue weighted by atomic mass is 10.0. The molecule has 0 aliphatic carbocycles. The van der Waals surface area contributed by atoms with Gasteiger partial charge in [0.25, 0.3) is 11.1 Å². The highest BCUT2D eigenvalue weighted by molar-refractivity contribution is 8.18. The third-order valence-electron chi connectivity index (χ3n) is 6.79. The molecule has 0 N–H and O–H groups in total. The molecule has 2 heterocycles. The van der Waals surface area contributed by atoms with E-state index in [1.807, 2.05) is 86.0 Å². The number of carbonyl (C=O) groups excluding carboxylic acids is 3. The summed E-state index contributed by atoms with van der Waals surface area (Å²) in [5.41, 5.74) is 5.80. The number of thioether (sulfide) groups is 1. The lowest BCUT2D eigenvalue weighted by molar-refractivity contribution is -0.123. The van der Waals surface area contributed by atoms with Crippen LogP contribution in [0.2, 0.25) is 0 Å². The van der Waals surface area contributed by atoms with Crippen LogP contribution >= 0.6 is 11.8 Å². The van der Waals surface area contributed by atoms with Crippen molar-refractivity contribution in [3.8, 4) is 5.69 Å². The first kappa shape index (κ1) is 24.6. The van der Waals surface area contributed by atoms with Gasteiger partial charge in [-0.15, -0.1) is 0 Å². The topological polar surface area (TPSA) is 68.6 Å². The number of ether oxygens (including phenoxy) is 1. The van der Waals surface area contributed by atoms with Gasteiger partial charge in [0.05, 0.1) is 24.1 Å². The number of fused-ring (bicyclic) bond motifs is 1. The van der Waals surface area contributed by atoms with Gasteiger partial charge in [0, 0.05) is 17.1 Å². The molecule has 0 saturated carbocycles. The Morgan fingerprint density at radius 3 is 2.49 bits per heavy atom. The first-order valence-corrected chi connectivity index (χ1v) is 12.7. The lowest BCUT2D eigenvalue weighted by Gasteiger charge is -2.15. The van der Waals surface area contributed by atoms with Gasteiger partial charge in [-0.05, 0) is 84.3 Å². The van der Waals surface area contributed by atoms with Gasteiger partial charge in [-0.1, -0.05) is 48.5 Å². The van der Waals surface area contributed by atoms with E-state index in [9.17, 15) is 14.4 Å². The predicted molar refractivity (Wildman–Crippen MR) is 147 cm³/mol. The number of rotatable bonds is 5. The number of nitrogens with zero attached hydrogens (tertiary/aromatic N) is 2. The van der Waals surface area contributed by atoms with Crippen LogP contribution in [0.1, 0.15) is 38.4 Å². The molecule has 1 fully saturated rings. The van der Waals surface area contributed by atoms with Crippen LogP contribution < -0.4 is 0 Å². The number of methoxy groups -OCH3 is 1. The predicted octanol–water partition coefficient (Wildman–Crippen LogP) is 6.58. The van der Waals surface area contributed by atoms with Crippen molar-refractivity contribution in [1.29, 1.82) is 0 Å². The zero-order valence-electron chi connectivity index (χ0n) is 21.1. The first-order chi connectivity index (χ1) is 17.8. The van der Waals surface area contributed by atoms with Crippen molar-refractivity contribution >= 4 is 45.7 Å². The molecule has 1 aromatic heterocycles. The molecule has 3 aromatic carbocycles. The fourth-order valence-electron chi connectivity index (χ4n) is 4.88. The monoisotopic (exact) mass is 510 g/mol. The van der Waals surface area contributed by atoms with E-state index in [1.54, 1.807) is 12.1 Å². The van der Waals surface area contributed by atoms with Crippen molar-refractivity contribution in [2.75, 3.05) is 7.11 Å². The molecule has 0 radical (unpaired) electrons. The zero-order valence-corrected chi connectivity index (χ0v) is 21.9. The van der Waals surface area contributed by atoms with Gasteiger partial charge in [-0.3, -0.25) is 14.5 Å². The molecule has 37 heavy (non-hydrogen) atoms. The Morgan fingerprint density at radius 1 is 0.973 bits per heavy atom. The number of carbonyl (C=O) groups is 3. The molecule has 1 aliphatic rings. The SMILES string of the molecule is COC(=O)c1cccc(-n2c(C)cc(/C=C3/SC(=O)N(Cc4cccc5ccccc45)C3=O)c2C)c1C. The molecule has 4 aromatic rings. The molecular formula is C30H26N2O4S. The van der Waals surface area contributed by atoms with E-state index in [0.717, 1.165) is 56.3 Å². The molecular weight excluding hydrogens is 484 g/mol. The van der Waals surface area contributed by atoms with Crippen LogP contribution in [0.5, 0.6) is 0 Å². The molecule has 0 unspecified atom stereocenters. The Bertz CT molecular complexity index is 1610. The van der Waals surface area contributed by atoms with E-state index in [4.69, 9.17) is 4.74 Å². The van der Waals surface area contributed by atoms with Gasteiger partial charge in [-0.2, -0.15) is 0 Å². The summed E-state index contributed by atoms with van der Waals surface area (Å²) in [4.78, 5) is 40.1. The van der Waals surface area contributed by atoms with Crippen LogP contribution in [0.4, 0.5) is 4.79 Å². The first-order valence-electron chi connectivity index (χ1n) is 11.9. The summed E-state index contributed by atoms with van der Waals surface area (Å²) in [6, 6.07) is 21.4. The lowest BCUT2D eigenvalue weighted by Crippen LogP contribution is -2.27. The number of aryl methyl sites for hydroxylation is 1. The second kappa shape index (κ2) is 9.75. The van der Waals surface area contributed by atoms with E-state index in [0.29, 0.717) is 10.5 Å². The highest BCUT2D eigenvalue weighted by Crippen LogP contribution is 2.36. The smallest absolute Gasteiger partial charge is 0.338 e. The van der Waals surface area contributed by atoms with Crippen molar-refractivity contribution in [3.63, 3.8) is 0 Å². The number of amides is 2. The molecule has 0 bridgehead atoms. The maximum atomic E-state index is 13.3. The van der Waals surface area contributed by atoms with Crippen LogP contribution in [-0.4, -0.2) is 33.7 Å². The Kier molecular flexibility index (Phi) is 6.48. The number of aromatic nitrogens is 1. The number of hydrogen-bond acceptors (Lipinski definition) is 5. The Morgan fingerprint density at radius 2 is 1.70 bits per heavy atom. The molecule has 0 atom stereocenters. The minimum absolute atomic E-state index is 0.224. The van der Waals surface area contributed by atoms with E-state index in [-0.39, 0.29) is 23.7 Å². The minimum Gasteiger partial charge on any atom is -0.465 e. The number of esters is 1. The number of imide groups is 1. The van der Waals surface area contributed by atoms with Crippen LogP contribution in [0.3, 0.4) is 0 Å². The van der Waals surface area contributed by atoms with Gasteiger partial charge in [-0.25, -0.2) is 4.79 Å². The average Bonchev–Trinajstić information content (AvgIpc) is 3.32. The van der Waals surface area contributed by atoms with Gasteiger partial charge in [0.15, 0.2) is 0 Å². The van der Waals surface area contributed by atoms with Crippen molar-refractivity contribution in [2.45, 2.75) is 27.3 Å². The second-order valence-electron chi connectivity index (χ2n) is 9.01. The van der Waals surface area contributed by atoms with Crippen LogP contribution in [0, 0.1) is 20.8 Å². The summed E-state index contributed by atoms with van der Waals surface area (Å²) < 4.78 is 6.98. The highest BCUT2D eigenvalue weighted by Gasteiger charge is 2.35.